The van der Waals surface area contributed by atoms with E-state index in [2.05, 4.69) is 10.2 Å². The lowest BCUT2D eigenvalue weighted by Crippen LogP contribution is -2.43. The van der Waals surface area contributed by atoms with E-state index < -0.39 is 0 Å². The molecule has 1 aromatic carbocycles. The van der Waals surface area contributed by atoms with Crippen LogP contribution in [-0.4, -0.2) is 43.4 Å². The molecule has 0 N–H and O–H groups in total. The third-order valence-corrected chi connectivity index (χ3v) is 4.45. The van der Waals surface area contributed by atoms with Crippen LogP contribution in [0, 0.1) is 6.92 Å². The van der Waals surface area contributed by atoms with Crippen molar-refractivity contribution in [3.05, 3.63) is 36.2 Å². The summed E-state index contributed by atoms with van der Waals surface area (Å²) in [6.07, 6.45) is 0. The van der Waals surface area contributed by atoms with Gasteiger partial charge in [0.15, 0.2) is 5.16 Å². The molecule has 2 aromatic rings. The fourth-order valence-corrected chi connectivity index (χ4v) is 3.55. The number of aromatic nitrogens is 3. The predicted octanol–water partition coefficient (Wildman–Crippen LogP) is 3.31. The number of nitrogens with zero attached hydrogens (tertiary/aromatic N) is 4. The van der Waals surface area contributed by atoms with E-state index in [0.29, 0.717) is 5.75 Å². The smallest absolute Gasteiger partial charge is 0.233 e. The van der Waals surface area contributed by atoms with Crippen LogP contribution >= 0.6 is 11.8 Å². The zero-order chi connectivity index (χ0) is 17.0. The van der Waals surface area contributed by atoms with Gasteiger partial charge in [-0.2, -0.15) is 0 Å². The number of hydrogen-bond acceptors (Lipinski definition) is 4. The first-order valence-electron chi connectivity index (χ1n) is 7.83. The minimum absolute atomic E-state index is 0.125. The third kappa shape index (κ3) is 4.13. The van der Waals surface area contributed by atoms with E-state index in [1.165, 1.54) is 11.8 Å². The number of thioether (sulfide) groups is 1. The largest absolute Gasteiger partial charge is 0.337 e. The first-order valence-corrected chi connectivity index (χ1v) is 8.81. The summed E-state index contributed by atoms with van der Waals surface area (Å²) < 4.78 is 1.98. The first kappa shape index (κ1) is 17.5. The monoisotopic (exact) mass is 332 g/mol. The Balaban J connectivity index is 2.15. The topological polar surface area (TPSA) is 51.0 Å². The Hall–Kier alpha value is -1.82. The van der Waals surface area contributed by atoms with Gasteiger partial charge in [0.05, 0.1) is 5.75 Å². The van der Waals surface area contributed by atoms with E-state index in [4.69, 9.17) is 0 Å². The highest BCUT2D eigenvalue weighted by Crippen LogP contribution is 2.22. The van der Waals surface area contributed by atoms with Gasteiger partial charge in [0.25, 0.3) is 0 Å². The number of benzene rings is 1. The van der Waals surface area contributed by atoms with Gasteiger partial charge in [-0.1, -0.05) is 30.0 Å². The van der Waals surface area contributed by atoms with Crippen molar-refractivity contribution in [2.24, 2.45) is 0 Å². The molecule has 0 atom stereocenters. The van der Waals surface area contributed by atoms with Crippen LogP contribution in [-0.2, 0) is 4.79 Å². The van der Waals surface area contributed by atoms with Crippen LogP contribution in [0.15, 0.2) is 35.5 Å². The molecule has 1 heterocycles. The maximum Gasteiger partial charge on any atom is 0.233 e. The summed E-state index contributed by atoms with van der Waals surface area (Å²) in [6, 6.07) is 10.3. The Morgan fingerprint density at radius 1 is 1.13 bits per heavy atom. The van der Waals surface area contributed by atoms with Gasteiger partial charge in [-0.05, 0) is 46.8 Å². The molecular formula is C17H24N4OS. The first-order chi connectivity index (χ1) is 10.9. The Labute approximate surface area is 142 Å². The number of amides is 1. The zero-order valence-corrected chi connectivity index (χ0v) is 15.2. The molecule has 124 valence electrons. The van der Waals surface area contributed by atoms with Crippen LogP contribution in [0.1, 0.15) is 33.5 Å². The van der Waals surface area contributed by atoms with E-state index in [1.54, 1.807) is 0 Å². The number of aryl methyl sites for hydroxylation is 1. The van der Waals surface area contributed by atoms with Gasteiger partial charge in [0, 0.05) is 17.8 Å². The van der Waals surface area contributed by atoms with Crippen molar-refractivity contribution in [1.29, 1.82) is 0 Å². The van der Waals surface area contributed by atoms with Gasteiger partial charge < -0.3 is 4.90 Å². The summed E-state index contributed by atoms with van der Waals surface area (Å²) in [5.41, 5.74) is 1.01. The molecule has 23 heavy (non-hydrogen) atoms. The molecule has 0 radical (unpaired) electrons. The molecule has 0 bridgehead atoms. The Kier molecular flexibility index (Phi) is 5.82. The lowest BCUT2D eigenvalue weighted by Gasteiger charge is -2.30. The number of carbonyl (C=O) groups is 1. The molecule has 1 amide bonds. The minimum Gasteiger partial charge on any atom is -0.337 e. The average Bonchev–Trinajstić information content (AvgIpc) is 2.86. The van der Waals surface area contributed by atoms with Gasteiger partial charge in [-0.3, -0.25) is 9.36 Å². The van der Waals surface area contributed by atoms with Crippen LogP contribution in [0.4, 0.5) is 0 Å². The van der Waals surface area contributed by atoms with Crippen LogP contribution in [0.5, 0.6) is 0 Å². The maximum absolute atomic E-state index is 12.5. The van der Waals surface area contributed by atoms with E-state index in [-0.39, 0.29) is 18.0 Å². The van der Waals surface area contributed by atoms with E-state index >= 15 is 0 Å². The number of rotatable bonds is 6. The summed E-state index contributed by atoms with van der Waals surface area (Å²) in [4.78, 5) is 14.4. The molecule has 0 saturated heterocycles. The lowest BCUT2D eigenvalue weighted by molar-refractivity contribution is -0.131. The van der Waals surface area contributed by atoms with E-state index in [0.717, 1.165) is 16.7 Å². The highest BCUT2D eigenvalue weighted by Gasteiger charge is 2.21. The second-order valence-corrected chi connectivity index (χ2v) is 6.92. The molecule has 0 saturated carbocycles. The molecule has 5 nitrogen and oxygen atoms in total. The summed E-state index contributed by atoms with van der Waals surface area (Å²) in [6.45, 7) is 10.1. The molecule has 0 aliphatic rings. The molecule has 2 rings (SSSR count). The fourth-order valence-electron chi connectivity index (χ4n) is 2.68. The van der Waals surface area contributed by atoms with Crippen molar-refractivity contribution in [2.75, 3.05) is 5.75 Å². The highest BCUT2D eigenvalue weighted by atomic mass is 32.2. The van der Waals surface area contributed by atoms with Crippen molar-refractivity contribution in [1.82, 2.24) is 19.7 Å². The molecule has 0 aliphatic heterocycles. The summed E-state index contributed by atoms with van der Waals surface area (Å²) in [5, 5.41) is 9.12. The molecule has 0 aliphatic carbocycles. The van der Waals surface area contributed by atoms with Crippen LogP contribution in [0.25, 0.3) is 5.69 Å². The molecular weight excluding hydrogens is 308 g/mol. The van der Waals surface area contributed by atoms with Gasteiger partial charge in [0.1, 0.15) is 5.82 Å². The van der Waals surface area contributed by atoms with Crippen molar-refractivity contribution in [3.8, 4) is 5.69 Å². The normalized spacial score (nSPS) is 11.3. The average molecular weight is 332 g/mol. The van der Waals surface area contributed by atoms with Gasteiger partial charge in [-0.15, -0.1) is 10.2 Å². The van der Waals surface area contributed by atoms with E-state index in [9.17, 15) is 4.79 Å². The van der Waals surface area contributed by atoms with Crippen LogP contribution in [0.3, 0.4) is 0 Å². The van der Waals surface area contributed by atoms with Crippen molar-refractivity contribution >= 4 is 17.7 Å². The second-order valence-electron chi connectivity index (χ2n) is 5.98. The zero-order valence-electron chi connectivity index (χ0n) is 14.4. The Morgan fingerprint density at radius 2 is 1.74 bits per heavy atom. The quantitative estimate of drug-likeness (QED) is 0.762. The Bertz CT molecular complexity index is 644. The van der Waals surface area contributed by atoms with Crippen molar-refractivity contribution < 1.29 is 4.79 Å². The minimum atomic E-state index is 0.125. The van der Waals surface area contributed by atoms with Crippen LogP contribution < -0.4 is 0 Å². The summed E-state index contributed by atoms with van der Waals surface area (Å²) in [7, 11) is 0. The highest BCUT2D eigenvalue weighted by molar-refractivity contribution is 7.99. The molecule has 1 aromatic heterocycles. The SMILES string of the molecule is Cc1nnc(SCC(=O)N(C(C)C)C(C)C)n1-c1ccccc1. The third-order valence-electron chi connectivity index (χ3n) is 3.53. The summed E-state index contributed by atoms with van der Waals surface area (Å²) in [5.74, 6) is 1.30. The van der Waals surface area contributed by atoms with Crippen molar-refractivity contribution in [3.63, 3.8) is 0 Å². The van der Waals surface area contributed by atoms with E-state index in [1.807, 2.05) is 74.4 Å². The van der Waals surface area contributed by atoms with Gasteiger partial charge in [0.2, 0.25) is 5.91 Å². The lowest BCUT2D eigenvalue weighted by atomic mass is 10.2. The van der Waals surface area contributed by atoms with Crippen LogP contribution in [0.2, 0.25) is 0 Å². The maximum atomic E-state index is 12.5. The van der Waals surface area contributed by atoms with Crippen molar-refractivity contribution in [2.45, 2.75) is 51.9 Å². The number of carbonyl (C=O) groups excluding carboxylic acids is 1. The van der Waals surface area contributed by atoms with Gasteiger partial charge in [-0.25, -0.2) is 0 Å². The second kappa shape index (κ2) is 7.64. The number of hydrogen-bond donors (Lipinski definition) is 0. The molecule has 0 unspecified atom stereocenters. The summed E-state index contributed by atoms with van der Waals surface area (Å²) >= 11 is 1.43. The predicted molar refractivity (Wildman–Crippen MR) is 93.9 cm³/mol. The molecule has 0 fully saturated rings. The molecule has 6 heteroatoms. The number of para-hydroxylation sites is 1. The molecule has 0 spiro atoms. The standard InChI is InChI=1S/C17H24N4OS/c1-12(2)20(13(3)4)16(22)11-23-17-19-18-14(5)21(17)15-9-7-6-8-10-15/h6-10,12-13H,11H2,1-5H3. The Morgan fingerprint density at radius 3 is 2.30 bits per heavy atom. The fraction of sp³-hybridized carbons (Fsp3) is 0.471. The van der Waals surface area contributed by atoms with Gasteiger partial charge >= 0.3 is 0 Å².